The highest BCUT2D eigenvalue weighted by molar-refractivity contribution is 9.10. The van der Waals surface area contributed by atoms with E-state index in [1.807, 2.05) is 0 Å². The van der Waals surface area contributed by atoms with Gasteiger partial charge in [0.2, 0.25) is 0 Å². The van der Waals surface area contributed by atoms with Gasteiger partial charge in [-0.05, 0) is 24.3 Å². The summed E-state index contributed by atoms with van der Waals surface area (Å²) in [5, 5.41) is 13.3. The van der Waals surface area contributed by atoms with E-state index < -0.39 is 28.9 Å². The first-order valence-electron chi connectivity index (χ1n) is 6.17. The first kappa shape index (κ1) is 16.8. The molecular weight excluding hydrogens is 378 g/mol. The van der Waals surface area contributed by atoms with Crippen LogP contribution in [0.3, 0.4) is 0 Å². The standard InChI is InChI=1S/C14H9BrF2N2O4/c15-8-2-1-3-9(6-8)18-13(20)11-7-10(19(21)22)4-5-12(11)23-14(16)17/h1-7,14H,(H,18,20). The van der Waals surface area contributed by atoms with Crippen molar-refractivity contribution in [2.75, 3.05) is 5.32 Å². The minimum atomic E-state index is -3.16. The van der Waals surface area contributed by atoms with Crippen molar-refractivity contribution in [3.05, 3.63) is 62.6 Å². The molecule has 2 aromatic rings. The summed E-state index contributed by atoms with van der Waals surface area (Å²) < 4.78 is 29.7. The zero-order chi connectivity index (χ0) is 17.0. The van der Waals surface area contributed by atoms with Crippen molar-refractivity contribution in [3.63, 3.8) is 0 Å². The van der Waals surface area contributed by atoms with E-state index in [2.05, 4.69) is 26.0 Å². The molecule has 0 heterocycles. The van der Waals surface area contributed by atoms with Gasteiger partial charge in [-0.25, -0.2) is 0 Å². The number of non-ortho nitro benzene ring substituents is 1. The van der Waals surface area contributed by atoms with Gasteiger partial charge in [-0.2, -0.15) is 8.78 Å². The fourth-order valence-corrected chi connectivity index (χ4v) is 2.17. The van der Waals surface area contributed by atoms with Gasteiger partial charge < -0.3 is 10.1 Å². The molecule has 0 unspecified atom stereocenters. The Bertz CT molecular complexity index is 755. The quantitative estimate of drug-likeness (QED) is 0.616. The summed E-state index contributed by atoms with van der Waals surface area (Å²) in [6, 6.07) is 9.37. The maximum atomic E-state index is 12.4. The molecule has 6 nitrogen and oxygen atoms in total. The third kappa shape index (κ3) is 4.46. The second-order valence-electron chi connectivity index (χ2n) is 4.28. The van der Waals surface area contributed by atoms with E-state index in [4.69, 9.17) is 0 Å². The number of carbonyl (C=O) groups is 1. The van der Waals surface area contributed by atoms with Crippen LogP contribution in [0.25, 0.3) is 0 Å². The number of nitro groups is 1. The average molecular weight is 387 g/mol. The Balaban J connectivity index is 2.35. The first-order valence-corrected chi connectivity index (χ1v) is 6.96. The SMILES string of the molecule is O=C(Nc1cccc(Br)c1)c1cc([N+](=O)[O-])ccc1OC(F)F. The summed E-state index contributed by atoms with van der Waals surface area (Å²) in [7, 11) is 0. The van der Waals surface area contributed by atoms with Crippen molar-refractivity contribution in [2.45, 2.75) is 6.61 Å². The lowest BCUT2D eigenvalue weighted by Gasteiger charge is -2.11. The third-order valence-corrected chi connectivity index (χ3v) is 3.21. The van der Waals surface area contributed by atoms with Crippen molar-refractivity contribution in [3.8, 4) is 5.75 Å². The highest BCUT2D eigenvalue weighted by Crippen LogP contribution is 2.27. The van der Waals surface area contributed by atoms with Crippen LogP contribution in [0.1, 0.15) is 10.4 Å². The number of halogens is 3. The zero-order valence-electron chi connectivity index (χ0n) is 11.3. The number of carbonyl (C=O) groups excluding carboxylic acids is 1. The second kappa shape index (κ2) is 7.14. The molecule has 0 aliphatic heterocycles. The summed E-state index contributed by atoms with van der Waals surface area (Å²) in [6.45, 7) is -3.16. The Morgan fingerprint density at radius 2 is 2.00 bits per heavy atom. The van der Waals surface area contributed by atoms with Crippen LogP contribution in [-0.2, 0) is 0 Å². The molecule has 0 saturated carbocycles. The van der Waals surface area contributed by atoms with Gasteiger partial charge in [0.25, 0.3) is 11.6 Å². The molecule has 0 aromatic heterocycles. The predicted molar refractivity (Wildman–Crippen MR) is 81.8 cm³/mol. The molecule has 9 heteroatoms. The number of benzene rings is 2. The maximum Gasteiger partial charge on any atom is 0.387 e. The van der Waals surface area contributed by atoms with Crippen molar-refractivity contribution in [1.29, 1.82) is 0 Å². The van der Waals surface area contributed by atoms with E-state index in [1.165, 1.54) is 0 Å². The van der Waals surface area contributed by atoms with E-state index in [0.29, 0.717) is 10.2 Å². The molecule has 0 aliphatic carbocycles. The molecule has 0 radical (unpaired) electrons. The number of hydrogen-bond donors (Lipinski definition) is 1. The first-order chi connectivity index (χ1) is 10.9. The Morgan fingerprint density at radius 1 is 1.26 bits per heavy atom. The lowest BCUT2D eigenvalue weighted by atomic mass is 10.1. The van der Waals surface area contributed by atoms with Crippen LogP contribution in [0.4, 0.5) is 20.2 Å². The van der Waals surface area contributed by atoms with Crippen LogP contribution in [0.2, 0.25) is 0 Å². The van der Waals surface area contributed by atoms with Gasteiger partial charge in [-0.15, -0.1) is 0 Å². The summed E-state index contributed by atoms with van der Waals surface area (Å²) in [5.74, 6) is -1.25. The Labute approximate surface area is 137 Å². The number of nitrogens with one attached hydrogen (secondary N) is 1. The molecule has 0 spiro atoms. The largest absolute Gasteiger partial charge is 0.434 e. The molecule has 0 aliphatic rings. The van der Waals surface area contributed by atoms with E-state index in [-0.39, 0.29) is 5.56 Å². The third-order valence-electron chi connectivity index (χ3n) is 2.72. The molecule has 0 bridgehead atoms. The minimum Gasteiger partial charge on any atom is -0.434 e. The number of hydrogen-bond acceptors (Lipinski definition) is 4. The monoisotopic (exact) mass is 386 g/mol. The topological polar surface area (TPSA) is 81.5 Å². The number of amides is 1. The van der Waals surface area contributed by atoms with Crippen LogP contribution in [0.5, 0.6) is 5.75 Å². The minimum absolute atomic E-state index is 0.362. The lowest BCUT2D eigenvalue weighted by Crippen LogP contribution is -2.15. The average Bonchev–Trinajstić information content (AvgIpc) is 2.46. The van der Waals surface area contributed by atoms with E-state index in [1.54, 1.807) is 24.3 Å². The summed E-state index contributed by atoms with van der Waals surface area (Å²) in [6.07, 6.45) is 0. The normalized spacial score (nSPS) is 10.4. The molecule has 0 atom stereocenters. The molecule has 120 valence electrons. The lowest BCUT2D eigenvalue weighted by molar-refractivity contribution is -0.384. The van der Waals surface area contributed by atoms with E-state index in [0.717, 1.165) is 18.2 Å². The molecule has 0 fully saturated rings. The van der Waals surface area contributed by atoms with Crippen molar-refractivity contribution >= 4 is 33.2 Å². The molecule has 23 heavy (non-hydrogen) atoms. The van der Waals surface area contributed by atoms with Crippen LogP contribution in [0, 0.1) is 10.1 Å². The number of alkyl halides is 2. The fraction of sp³-hybridized carbons (Fsp3) is 0.0714. The van der Waals surface area contributed by atoms with Gasteiger partial charge in [-0.3, -0.25) is 14.9 Å². The molecule has 0 saturated heterocycles. The Morgan fingerprint density at radius 3 is 2.61 bits per heavy atom. The smallest absolute Gasteiger partial charge is 0.387 e. The molecule has 2 rings (SSSR count). The predicted octanol–water partition coefficient (Wildman–Crippen LogP) is 4.21. The van der Waals surface area contributed by atoms with Gasteiger partial charge in [0, 0.05) is 22.3 Å². The molecule has 1 N–H and O–H groups in total. The Kier molecular flexibility index (Phi) is 5.22. The van der Waals surface area contributed by atoms with Gasteiger partial charge in [0.1, 0.15) is 5.75 Å². The maximum absolute atomic E-state index is 12.4. The van der Waals surface area contributed by atoms with Gasteiger partial charge in [0.15, 0.2) is 0 Å². The number of ether oxygens (including phenoxy) is 1. The van der Waals surface area contributed by atoms with E-state index in [9.17, 15) is 23.7 Å². The second-order valence-corrected chi connectivity index (χ2v) is 5.20. The summed E-state index contributed by atoms with van der Waals surface area (Å²) in [4.78, 5) is 22.3. The van der Waals surface area contributed by atoms with Crippen molar-refractivity contribution < 1.29 is 23.2 Å². The fourth-order valence-electron chi connectivity index (χ4n) is 1.77. The summed E-state index contributed by atoms with van der Waals surface area (Å²) >= 11 is 3.22. The van der Waals surface area contributed by atoms with Gasteiger partial charge in [-0.1, -0.05) is 22.0 Å². The van der Waals surface area contributed by atoms with Crippen LogP contribution < -0.4 is 10.1 Å². The molecular formula is C14H9BrF2N2O4. The summed E-state index contributed by atoms with van der Waals surface area (Å²) in [5.41, 5.74) is -0.385. The number of nitro benzene ring substituents is 1. The highest BCUT2D eigenvalue weighted by atomic mass is 79.9. The van der Waals surface area contributed by atoms with Crippen LogP contribution in [0.15, 0.2) is 46.9 Å². The van der Waals surface area contributed by atoms with E-state index >= 15 is 0 Å². The van der Waals surface area contributed by atoms with Gasteiger partial charge >= 0.3 is 6.61 Å². The van der Waals surface area contributed by atoms with Crippen molar-refractivity contribution in [1.82, 2.24) is 0 Å². The molecule has 1 amide bonds. The van der Waals surface area contributed by atoms with Crippen LogP contribution in [-0.4, -0.2) is 17.4 Å². The van der Waals surface area contributed by atoms with Gasteiger partial charge in [0.05, 0.1) is 10.5 Å². The Hall–Kier alpha value is -2.55. The highest BCUT2D eigenvalue weighted by Gasteiger charge is 2.20. The zero-order valence-corrected chi connectivity index (χ0v) is 12.9. The van der Waals surface area contributed by atoms with Crippen molar-refractivity contribution in [2.24, 2.45) is 0 Å². The number of nitrogens with zero attached hydrogens (tertiary/aromatic N) is 1. The van der Waals surface area contributed by atoms with Crippen LogP contribution >= 0.6 is 15.9 Å². The number of anilines is 1. The number of rotatable bonds is 5. The molecule has 2 aromatic carbocycles.